The molecule has 2 aliphatic rings. The molecule has 33 heavy (non-hydrogen) atoms. The minimum Gasteiger partial charge on any atom is -0.444 e. The van der Waals surface area contributed by atoms with Gasteiger partial charge in [-0.15, -0.1) is 0 Å². The Morgan fingerprint density at radius 3 is 2.52 bits per heavy atom. The fraction of sp³-hybridized carbons (Fsp3) is 0.583. The number of aromatic nitrogens is 2. The number of nitrogens with one attached hydrogen (secondary N) is 1. The highest BCUT2D eigenvalue weighted by Gasteiger charge is 2.33. The standard InChI is InChI=1S/C24H33N5O4/c1-24(2,3)33-23(32)27(4)15-11-13-29(14-12-15)18-8-6-7-16-20(26-28(5)21(16)18)17-9-10-19(30)25-22(17)31/h6-8,15,17H,9-14H2,1-5H3,(H,25,30,31). The lowest BCUT2D eigenvalue weighted by molar-refractivity contribution is -0.134. The van der Waals surface area contributed by atoms with Crippen LogP contribution in [-0.4, -0.2) is 64.4 Å². The van der Waals surface area contributed by atoms with Gasteiger partial charge in [-0.2, -0.15) is 5.10 Å². The van der Waals surface area contributed by atoms with Gasteiger partial charge in [-0.25, -0.2) is 4.79 Å². The molecule has 9 nitrogen and oxygen atoms in total. The van der Waals surface area contributed by atoms with Gasteiger partial charge in [0.1, 0.15) is 5.60 Å². The van der Waals surface area contributed by atoms with E-state index in [-0.39, 0.29) is 23.9 Å². The number of ether oxygens (including phenoxy) is 1. The first kappa shape index (κ1) is 23.1. The summed E-state index contributed by atoms with van der Waals surface area (Å²) in [6.45, 7) is 7.22. The number of aryl methyl sites for hydroxylation is 1. The molecule has 178 valence electrons. The Bertz CT molecular complexity index is 1080. The molecular weight excluding hydrogens is 422 g/mol. The third-order valence-corrected chi connectivity index (χ3v) is 6.48. The van der Waals surface area contributed by atoms with Crippen LogP contribution in [0.2, 0.25) is 0 Å². The molecule has 1 unspecified atom stereocenters. The highest BCUT2D eigenvalue weighted by molar-refractivity contribution is 6.03. The van der Waals surface area contributed by atoms with E-state index in [1.807, 2.05) is 51.7 Å². The van der Waals surface area contributed by atoms with E-state index in [1.165, 1.54) is 0 Å². The molecular formula is C24H33N5O4. The van der Waals surface area contributed by atoms with Crippen LogP contribution in [0.25, 0.3) is 10.9 Å². The largest absolute Gasteiger partial charge is 0.444 e. The SMILES string of the molecule is CN(C(=O)OC(C)(C)C)C1CCN(c2cccc3c(C4CCC(=O)NC4=O)nn(C)c23)CC1. The maximum absolute atomic E-state index is 12.5. The molecule has 1 aromatic heterocycles. The number of amides is 3. The summed E-state index contributed by atoms with van der Waals surface area (Å²) in [7, 11) is 3.70. The Morgan fingerprint density at radius 2 is 1.88 bits per heavy atom. The Hall–Kier alpha value is -3.10. The number of hydrogen-bond donors (Lipinski definition) is 1. The Balaban J connectivity index is 1.52. The molecule has 1 aromatic carbocycles. The van der Waals surface area contributed by atoms with Gasteiger partial charge >= 0.3 is 6.09 Å². The predicted molar refractivity (Wildman–Crippen MR) is 125 cm³/mol. The smallest absolute Gasteiger partial charge is 0.410 e. The van der Waals surface area contributed by atoms with Crippen LogP contribution in [-0.2, 0) is 21.4 Å². The van der Waals surface area contributed by atoms with Gasteiger partial charge in [0.05, 0.1) is 22.8 Å². The van der Waals surface area contributed by atoms with Crippen LogP contribution in [0.4, 0.5) is 10.5 Å². The molecule has 0 bridgehead atoms. The molecule has 1 atom stereocenters. The molecule has 0 saturated carbocycles. The van der Waals surface area contributed by atoms with Crippen molar-refractivity contribution in [1.82, 2.24) is 20.0 Å². The van der Waals surface area contributed by atoms with Gasteiger partial charge in [-0.1, -0.05) is 12.1 Å². The van der Waals surface area contributed by atoms with Gasteiger partial charge in [0, 0.05) is 45.0 Å². The van der Waals surface area contributed by atoms with E-state index >= 15 is 0 Å². The molecule has 0 aliphatic carbocycles. The van der Waals surface area contributed by atoms with Gasteiger partial charge in [0.15, 0.2) is 0 Å². The molecule has 0 spiro atoms. The fourth-order valence-corrected chi connectivity index (χ4v) is 4.79. The highest BCUT2D eigenvalue weighted by atomic mass is 16.6. The number of nitrogens with zero attached hydrogens (tertiary/aromatic N) is 4. The van der Waals surface area contributed by atoms with Crippen molar-refractivity contribution in [2.24, 2.45) is 7.05 Å². The summed E-state index contributed by atoms with van der Waals surface area (Å²) in [6, 6.07) is 6.19. The van der Waals surface area contributed by atoms with Gasteiger partial charge in [-0.3, -0.25) is 19.6 Å². The Labute approximate surface area is 194 Å². The number of anilines is 1. The minimum absolute atomic E-state index is 0.126. The molecule has 3 heterocycles. The minimum atomic E-state index is -0.512. The van der Waals surface area contributed by atoms with Crippen molar-refractivity contribution in [1.29, 1.82) is 0 Å². The number of para-hydroxylation sites is 1. The summed E-state index contributed by atoms with van der Waals surface area (Å²) < 4.78 is 7.36. The second-order valence-electron chi connectivity index (χ2n) is 10.00. The maximum atomic E-state index is 12.5. The van der Waals surface area contributed by atoms with Crippen molar-refractivity contribution in [3.05, 3.63) is 23.9 Å². The molecule has 1 N–H and O–H groups in total. The normalized spacial score (nSPS) is 20.2. The van der Waals surface area contributed by atoms with Crippen molar-refractivity contribution >= 4 is 34.5 Å². The third kappa shape index (κ3) is 4.67. The molecule has 0 radical (unpaired) electrons. The van der Waals surface area contributed by atoms with Crippen LogP contribution in [0.3, 0.4) is 0 Å². The third-order valence-electron chi connectivity index (χ3n) is 6.48. The van der Waals surface area contributed by atoms with Crippen LogP contribution in [0.15, 0.2) is 18.2 Å². The van der Waals surface area contributed by atoms with E-state index in [4.69, 9.17) is 9.84 Å². The van der Waals surface area contributed by atoms with Gasteiger partial charge in [-0.05, 0) is 46.1 Å². The number of carbonyl (C=O) groups excluding carboxylic acids is 3. The van der Waals surface area contributed by atoms with Crippen molar-refractivity contribution < 1.29 is 19.1 Å². The van der Waals surface area contributed by atoms with Crippen molar-refractivity contribution in [2.45, 2.75) is 64.0 Å². The second-order valence-corrected chi connectivity index (χ2v) is 10.00. The second kappa shape index (κ2) is 8.68. The average molecular weight is 456 g/mol. The van der Waals surface area contributed by atoms with Gasteiger partial charge in [0.2, 0.25) is 11.8 Å². The zero-order valence-corrected chi connectivity index (χ0v) is 20.1. The van der Waals surface area contributed by atoms with Crippen LogP contribution < -0.4 is 10.2 Å². The number of carbonyl (C=O) groups is 3. The van der Waals surface area contributed by atoms with E-state index in [2.05, 4.69) is 16.3 Å². The number of piperidine rings is 2. The van der Waals surface area contributed by atoms with Gasteiger partial charge in [0.25, 0.3) is 0 Å². The summed E-state index contributed by atoms with van der Waals surface area (Å²) in [5.74, 6) is -0.922. The van der Waals surface area contributed by atoms with Gasteiger partial charge < -0.3 is 14.5 Å². The molecule has 9 heteroatoms. The molecule has 2 fully saturated rings. The van der Waals surface area contributed by atoms with Crippen LogP contribution in [0.5, 0.6) is 0 Å². The summed E-state index contributed by atoms with van der Waals surface area (Å²) in [4.78, 5) is 40.5. The lowest BCUT2D eigenvalue weighted by atomic mass is 9.92. The Morgan fingerprint density at radius 1 is 1.18 bits per heavy atom. The predicted octanol–water partition coefficient (Wildman–Crippen LogP) is 2.93. The van der Waals surface area contributed by atoms with E-state index in [0.29, 0.717) is 12.8 Å². The lowest BCUT2D eigenvalue weighted by Gasteiger charge is -2.38. The lowest BCUT2D eigenvalue weighted by Crippen LogP contribution is -2.47. The zero-order valence-electron chi connectivity index (χ0n) is 20.1. The average Bonchev–Trinajstić information content (AvgIpc) is 3.09. The molecule has 3 amide bonds. The first-order valence-corrected chi connectivity index (χ1v) is 11.5. The number of rotatable bonds is 3. The molecule has 4 rings (SSSR count). The first-order chi connectivity index (χ1) is 15.5. The quantitative estimate of drug-likeness (QED) is 0.715. The van der Waals surface area contributed by atoms with Crippen LogP contribution >= 0.6 is 0 Å². The maximum Gasteiger partial charge on any atom is 0.410 e. The zero-order chi connectivity index (χ0) is 23.9. The highest BCUT2D eigenvalue weighted by Crippen LogP contribution is 2.35. The molecule has 2 aromatic rings. The number of benzene rings is 1. The topological polar surface area (TPSA) is 96.8 Å². The summed E-state index contributed by atoms with van der Waals surface area (Å²) in [6.07, 6.45) is 2.19. The number of imide groups is 1. The van der Waals surface area contributed by atoms with Crippen molar-refractivity contribution in [2.75, 3.05) is 25.0 Å². The van der Waals surface area contributed by atoms with E-state index in [9.17, 15) is 14.4 Å². The van der Waals surface area contributed by atoms with E-state index in [1.54, 1.807) is 4.90 Å². The fourth-order valence-electron chi connectivity index (χ4n) is 4.79. The van der Waals surface area contributed by atoms with Crippen molar-refractivity contribution in [3.8, 4) is 0 Å². The number of fused-ring (bicyclic) bond motifs is 1. The van der Waals surface area contributed by atoms with E-state index in [0.717, 1.165) is 48.2 Å². The van der Waals surface area contributed by atoms with Crippen molar-refractivity contribution in [3.63, 3.8) is 0 Å². The first-order valence-electron chi connectivity index (χ1n) is 11.5. The molecule has 2 saturated heterocycles. The Kier molecular flexibility index (Phi) is 6.07. The molecule has 2 aliphatic heterocycles. The summed E-state index contributed by atoms with van der Waals surface area (Å²) in [5.41, 5.74) is 2.26. The van der Waals surface area contributed by atoms with E-state index < -0.39 is 11.5 Å². The van der Waals surface area contributed by atoms with Crippen LogP contribution in [0.1, 0.15) is 58.1 Å². The monoisotopic (exact) mass is 455 g/mol. The summed E-state index contributed by atoms with van der Waals surface area (Å²) >= 11 is 0. The van der Waals surface area contributed by atoms with Crippen LogP contribution in [0, 0.1) is 0 Å². The summed E-state index contributed by atoms with van der Waals surface area (Å²) in [5, 5.41) is 8.07. The number of hydrogen-bond acceptors (Lipinski definition) is 6.